The van der Waals surface area contributed by atoms with Crippen LogP contribution in [0.2, 0.25) is 5.15 Å². The Morgan fingerprint density at radius 2 is 2.24 bits per heavy atom. The van der Waals surface area contributed by atoms with E-state index in [4.69, 9.17) is 16.3 Å². The van der Waals surface area contributed by atoms with Crippen molar-refractivity contribution in [1.29, 1.82) is 0 Å². The number of ether oxygens (including phenoxy) is 1. The van der Waals surface area contributed by atoms with E-state index in [1.807, 2.05) is 12.1 Å². The van der Waals surface area contributed by atoms with E-state index < -0.39 is 24.0 Å². The minimum absolute atomic E-state index is 0.244. The Kier molecular flexibility index (Phi) is 4.71. The molecule has 1 saturated heterocycles. The summed E-state index contributed by atoms with van der Waals surface area (Å²) in [6.07, 6.45) is 3.32. The lowest BCUT2D eigenvalue weighted by Gasteiger charge is -2.17. The molecule has 3 heterocycles. The second-order valence-electron chi connectivity index (χ2n) is 5.35. The summed E-state index contributed by atoms with van der Waals surface area (Å²) in [4.78, 5) is 40.7. The maximum absolute atomic E-state index is 12.1. The van der Waals surface area contributed by atoms with Crippen LogP contribution in [0.15, 0.2) is 30.5 Å². The van der Waals surface area contributed by atoms with E-state index in [2.05, 4.69) is 10.3 Å². The third kappa shape index (κ3) is 3.48. The predicted octanol–water partition coefficient (Wildman–Crippen LogP) is 1.48. The summed E-state index contributed by atoms with van der Waals surface area (Å²) in [6, 6.07) is 4.93. The number of amides is 3. The van der Waals surface area contributed by atoms with Gasteiger partial charge in [0.05, 0.1) is 5.69 Å². The number of esters is 1. The second-order valence-corrected chi connectivity index (χ2v) is 5.71. The van der Waals surface area contributed by atoms with Gasteiger partial charge in [-0.05, 0) is 25.1 Å². The number of nitrogens with zero attached hydrogens (tertiary/aromatic N) is 3. The Balaban J connectivity index is 1.67. The Labute approximate surface area is 148 Å². The van der Waals surface area contributed by atoms with Crippen molar-refractivity contribution in [2.24, 2.45) is 0 Å². The first-order chi connectivity index (χ1) is 12.0. The zero-order chi connectivity index (χ0) is 18.0. The molecule has 1 N–H and O–H groups in total. The summed E-state index contributed by atoms with van der Waals surface area (Å²) in [7, 11) is 0. The van der Waals surface area contributed by atoms with Crippen molar-refractivity contribution >= 4 is 41.2 Å². The fraction of sp³-hybridized carbons (Fsp3) is 0.250. The van der Waals surface area contributed by atoms with Crippen LogP contribution >= 0.6 is 11.6 Å². The number of fused-ring (bicyclic) bond motifs is 1. The van der Waals surface area contributed by atoms with Gasteiger partial charge in [-0.15, -0.1) is 0 Å². The number of aromatic nitrogens is 2. The minimum atomic E-state index is -1.07. The minimum Gasteiger partial charge on any atom is -0.449 e. The molecule has 8 nitrogen and oxygen atoms in total. The van der Waals surface area contributed by atoms with E-state index in [-0.39, 0.29) is 11.7 Å². The molecule has 0 aromatic carbocycles. The quantitative estimate of drug-likeness (QED) is 0.657. The first kappa shape index (κ1) is 17.0. The van der Waals surface area contributed by atoms with E-state index in [0.29, 0.717) is 17.9 Å². The van der Waals surface area contributed by atoms with Crippen molar-refractivity contribution in [3.8, 4) is 0 Å². The van der Waals surface area contributed by atoms with Gasteiger partial charge in [-0.2, -0.15) is 0 Å². The van der Waals surface area contributed by atoms with Crippen LogP contribution in [0.3, 0.4) is 0 Å². The number of rotatable bonds is 4. The number of urea groups is 1. The third-order valence-corrected chi connectivity index (χ3v) is 3.94. The van der Waals surface area contributed by atoms with Crippen LogP contribution in [0.1, 0.15) is 12.6 Å². The number of carbonyl (C=O) groups excluding carboxylic acids is 3. The first-order valence-corrected chi connectivity index (χ1v) is 7.95. The van der Waals surface area contributed by atoms with Gasteiger partial charge in [-0.25, -0.2) is 14.6 Å². The summed E-state index contributed by atoms with van der Waals surface area (Å²) < 4.78 is 6.77. The van der Waals surface area contributed by atoms with Crippen LogP contribution in [0.4, 0.5) is 4.79 Å². The van der Waals surface area contributed by atoms with Crippen LogP contribution in [0, 0.1) is 0 Å². The maximum atomic E-state index is 12.1. The predicted molar refractivity (Wildman–Crippen MR) is 89.9 cm³/mol. The van der Waals surface area contributed by atoms with Crippen molar-refractivity contribution in [1.82, 2.24) is 19.6 Å². The molecule has 2 aromatic heterocycles. The molecule has 1 atom stereocenters. The van der Waals surface area contributed by atoms with Gasteiger partial charge in [-0.3, -0.25) is 14.1 Å². The molecule has 0 spiro atoms. The van der Waals surface area contributed by atoms with Gasteiger partial charge in [0.1, 0.15) is 5.65 Å². The molecule has 9 heteroatoms. The molecule has 2 aromatic rings. The molecule has 0 unspecified atom stereocenters. The average molecular weight is 363 g/mol. The molecule has 0 radical (unpaired) electrons. The highest BCUT2D eigenvalue weighted by Gasteiger charge is 2.31. The number of hydrogen-bond donors (Lipinski definition) is 1. The van der Waals surface area contributed by atoms with E-state index in [9.17, 15) is 14.4 Å². The maximum Gasteiger partial charge on any atom is 0.331 e. The van der Waals surface area contributed by atoms with Crippen molar-refractivity contribution < 1.29 is 19.1 Å². The van der Waals surface area contributed by atoms with E-state index >= 15 is 0 Å². The highest BCUT2D eigenvalue weighted by molar-refractivity contribution is 6.31. The molecule has 1 fully saturated rings. The van der Waals surface area contributed by atoms with Crippen molar-refractivity contribution in [2.75, 3.05) is 13.1 Å². The van der Waals surface area contributed by atoms with Crippen LogP contribution < -0.4 is 5.32 Å². The number of halogens is 1. The molecule has 1 aliphatic heterocycles. The number of nitrogens with one attached hydrogen (secondary N) is 1. The molecular weight excluding hydrogens is 348 g/mol. The molecule has 25 heavy (non-hydrogen) atoms. The molecule has 0 aliphatic carbocycles. The largest absolute Gasteiger partial charge is 0.449 e. The molecule has 3 amide bonds. The second kappa shape index (κ2) is 6.94. The number of pyridine rings is 1. The number of hydrogen-bond acceptors (Lipinski definition) is 5. The van der Waals surface area contributed by atoms with Crippen molar-refractivity contribution in [3.05, 3.63) is 41.3 Å². The molecular formula is C16H15ClN4O4. The van der Waals surface area contributed by atoms with E-state index in [1.54, 1.807) is 16.7 Å². The van der Waals surface area contributed by atoms with Gasteiger partial charge in [0.2, 0.25) is 0 Å². The number of imidazole rings is 1. The fourth-order valence-electron chi connectivity index (χ4n) is 2.45. The Bertz CT molecular complexity index is 876. The lowest BCUT2D eigenvalue weighted by molar-refractivity contribution is -0.153. The van der Waals surface area contributed by atoms with Crippen molar-refractivity contribution in [2.45, 2.75) is 13.0 Å². The van der Waals surface area contributed by atoms with Gasteiger partial charge in [0, 0.05) is 25.4 Å². The normalized spacial score (nSPS) is 15.6. The lowest BCUT2D eigenvalue weighted by atomic mass is 10.3. The van der Waals surface area contributed by atoms with Crippen LogP contribution in [-0.2, 0) is 14.3 Å². The van der Waals surface area contributed by atoms with E-state index in [0.717, 1.165) is 11.0 Å². The summed E-state index contributed by atoms with van der Waals surface area (Å²) >= 11 is 6.07. The SMILES string of the molecule is C[C@@H](OC(=O)/C=C/c1c(Cl)nc2ccccn12)C(=O)N1CCNC1=O. The summed E-state index contributed by atoms with van der Waals surface area (Å²) in [5, 5.41) is 2.76. The summed E-state index contributed by atoms with van der Waals surface area (Å²) in [5.74, 6) is -1.29. The molecule has 130 valence electrons. The van der Waals surface area contributed by atoms with Gasteiger partial charge >= 0.3 is 12.0 Å². The monoisotopic (exact) mass is 362 g/mol. The van der Waals surface area contributed by atoms with Crippen LogP contribution in [0.25, 0.3) is 11.7 Å². The van der Waals surface area contributed by atoms with Crippen LogP contribution in [-0.4, -0.2) is 51.4 Å². The Hall–Kier alpha value is -2.87. The van der Waals surface area contributed by atoms with Gasteiger partial charge < -0.3 is 10.1 Å². The first-order valence-electron chi connectivity index (χ1n) is 7.58. The summed E-state index contributed by atoms with van der Waals surface area (Å²) in [6.45, 7) is 2.06. The number of imide groups is 1. The molecule has 0 saturated carbocycles. The topological polar surface area (TPSA) is 93.0 Å². The number of carbonyl (C=O) groups is 3. The van der Waals surface area contributed by atoms with Gasteiger partial charge in [0.15, 0.2) is 11.3 Å². The highest BCUT2D eigenvalue weighted by Crippen LogP contribution is 2.19. The lowest BCUT2D eigenvalue weighted by Crippen LogP contribution is -2.41. The Morgan fingerprint density at radius 3 is 2.96 bits per heavy atom. The van der Waals surface area contributed by atoms with E-state index in [1.165, 1.54) is 13.0 Å². The van der Waals surface area contributed by atoms with Crippen LogP contribution in [0.5, 0.6) is 0 Å². The smallest absolute Gasteiger partial charge is 0.331 e. The zero-order valence-corrected chi connectivity index (χ0v) is 14.1. The standard InChI is InChI=1S/C16H15ClN4O4/c1-10(15(23)21-9-7-18-16(21)24)25-13(22)6-5-11-14(17)19-12-4-2-3-8-20(11)12/h2-6,8,10H,7,9H2,1H3,(H,18,24)/b6-5+/t10-/m1/s1. The van der Waals surface area contributed by atoms with Gasteiger partial charge in [-0.1, -0.05) is 17.7 Å². The summed E-state index contributed by atoms with van der Waals surface area (Å²) in [5.41, 5.74) is 1.16. The molecule has 3 rings (SSSR count). The molecule has 1 aliphatic rings. The fourth-order valence-corrected chi connectivity index (χ4v) is 2.69. The Morgan fingerprint density at radius 1 is 1.44 bits per heavy atom. The third-order valence-electron chi connectivity index (χ3n) is 3.66. The highest BCUT2D eigenvalue weighted by atomic mass is 35.5. The average Bonchev–Trinajstić information content (AvgIpc) is 3.14. The zero-order valence-electron chi connectivity index (χ0n) is 13.3. The van der Waals surface area contributed by atoms with Crippen molar-refractivity contribution in [3.63, 3.8) is 0 Å². The van der Waals surface area contributed by atoms with Gasteiger partial charge in [0.25, 0.3) is 5.91 Å². The molecule has 0 bridgehead atoms.